The van der Waals surface area contributed by atoms with Crippen LogP contribution >= 0.6 is 0 Å². The third kappa shape index (κ3) is 3.96. The van der Waals surface area contributed by atoms with Crippen LogP contribution in [-0.2, 0) is 4.79 Å². The van der Waals surface area contributed by atoms with Gasteiger partial charge in [0.15, 0.2) is 11.5 Å². The average molecular weight is 366 g/mol. The minimum absolute atomic E-state index is 0.0698. The van der Waals surface area contributed by atoms with Crippen molar-refractivity contribution < 1.29 is 23.7 Å². The van der Waals surface area contributed by atoms with Gasteiger partial charge in [0.25, 0.3) is 5.91 Å². The second-order valence-electron chi connectivity index (χ2n) is 5.57. The highest BCUT2D eigenvalue weighted by molar-refractivity contribution is 6.10. The maximum Gasteiger partial charge on any atom is 0.266 e. The number of para-hydroxylation sites is 2. The van der Waals surface area contributed by atoms with Gasteiger partial charge in [0, 0.05) is 0 Å². The van der Waals surface area contributed by atoms with Crippen LogP contribution in [0.5, 0.6) is 23.0 Å². The highest BCUT2D eigenvalue weighted by Crippen LogP contribution is 2.40. The van der Waals surface area contributed by atoms with Crippen molar-refractivity contribution in [3.05, 3.63) is 47.5 Å². The Morgan fingerprint density at radius 1 is 1.15 bits per heavy atom. The van der Waals surface area contributed by atoms with E-state index in [0.29, 0.717) is 47.5 Å². The largest absolute Gasteiger partial charge is 0.495 e. The van der Waals surface area contributed by atoms with Crippen molar-refractivity contribution in [2.75, 3.05) is 32.8 Å². The zero-order chi connectivity index (χ0) is 19.2. The number of amides is 1. The van der Waals surface area contributed by atoms with Gasteiger partial charge in [-0.2, -0.15) is 5.26 Å². The fraction of sp³-hybridized carbons (Fsp3) is 0.200. The van der Waals surface area contributed by atoms with Crippen molar-refractivity contribution in [2.45, 2.75) is 0 Å². The molecule has 0 spiro atoms. The van der Waals surface area contributed by atoms with Crippen molar-refractivity contribution in [1.29, 1.82) is 5.26 Å². The Hall–Kier alpha value is -3.66. The van der Waals surface area contributed by atoms with Gasteiger partial charge in [-0.1, -0.05) is 12.1 Å². The molecule has 7 nitrogen and oxygen atoms in total. The van der Waals surface area contributed by atoms with E-state index in [1.165, 1.54) is 20.3 Å². The Bertz CT molecular complexity index is 913. The van der Waals surface area contributed by atoms with Crippen LogP contribution < -0.4 is 24.3 Å². The molecule has 0 fully saturated rings. The van der Waals surface area contributed by atoms with Gasteiger partial charge >= 0.3 is 0 Å². The van der Waals surface area contributed by atoms with E-state index < -0.39 is 5.91 Å². The Labute approximate surface area is 156 Å². The summed E-state index contributed by atoms with van der Waals surface area (Å²) in [4.78, 5) is 12.5. The van der Waals surface area contributed by atoms with E-state index in [1.807, 2.05) is 6.07 Å². The van der Waals surface area contributed by atoms with E-state index in [4.69, 9.17) is 18.9 Å². The molecular weight excluding hydrogens is 348 g/mol. The summed E-state index contributed by atoms with van der Waals surface area (Å²) < 4.78 is 21.7. The molecule has 0 atom stereocenters. The predicted molar refractivity (Wildman–Crippen MR) is 99.2 cm³/mol. The molecule has 1 N–H and O–H groups in total. The SMILES string of the molecule is COc1ccccc1NC(=O)/C(C#N)=C/c1cc(OC)c2c(c1)OCCO2. The van der Waals surface area contributed by atoms with Crippen LogP contribution in [0, 0.1) is 11.3 Å². The zero-order valence-electron chi connectivity index (χ0n) is 14.9. The smallest absolute Gasteiger partial charge is 0.266 e. The maximum atomic E-state index is 12.5. The summed E-state index contributed by atoms with van der Waals surface area (Å²) in [6.45, 7) is 0.853. The molecule has 0 bridgehead atoms. The maximum absolute atomic E-state index is 12.5. The molecule has 2 aromatic rings. The molecule has 0 aliphatic carbocycles. The average Bonchev–Trinajstić information content (AvgIpc) is 2.71. The minimum Gasteiger partial charge on any atom is -0.495 e. The van der Waals surface area contributed by atoms with E-state index in [9.17, 15) is 10.1 Å². The van der Waals surface area contributed by atoms with Crippen molar-refractivity contribution in [3.63, 3.8) is 0 Å². The molecule has 2 aromatic carbocycles. The van der Waals surface area contributed by atoms with E-state index in [1.54, 1.807) is 36.4 Å². The second-order valence-corrected chi connectivity index (χ2v) is 5.57. The molecule has 3 rings (SSSR count). The van der Waals surface area contributed by atoms with Crippen LogP contribution in [0.2, 0.25) is 0 Å². The standard InChI is InChI=1S/C20H18N2O5/c1-24-16-6-4-3-5-15(16)22-20(23)14(12-21)9-13-10-17(25-2)19-18(11-13)26-7-8-27-19/h3-6,9-11H,7-8H2,1-2H3,(H,22,23)/b14-9+. The summed E-state index contributed by atoms with van der Waals surface area (Å²) in [7, 11) is 3.02. The third-order valence-electron chi connectivity index (χ3n) is 3.88. The quantitative estimate of drug-likeness (QED) is 0.646. The van der Waals surface area contributed by atoms with E-state index >= 15 is 0 Å². The normalized spacial score (nSPS) is 12.7. The molecule has 1 aliphatic heterocycles. The minimum atomic E-state index is -0.546. The number of hydrogen-bond acceptors (Lipinski definition) is 6. The third-order valence-corrected chi connectivity index (χ3v) is 3.88. The molecular formula is C20H18N2O5. The Morgan fingerprint density at radius 2 is 1.89 bits per heavy atom. The zero-order valence-corrected chi connectivity index (χ0v) is 14.9. The fourth-order valence-corrected chi connectivity index (χ4v) is 2.63. The van der Waals surface area contributed by atoms with Gasteiger partial charge in [-0.15, -0.1) is 0 Å². The summed E-state index contributed by atoms with van der Waals surface area (Å²) in [5, 5.41) is 12.1. The number of fused-ring (bicyclic) bond motifs is 1. The molecule has 27 heavy (non-hydrogen) atoms. The summed E-state index contributed by atoms with van der Waals surface area (Å²) in [6, 6.07) is 12.3. The number of ether oxygens (including phenoxy) is 4. The number of hydrogen-bond donors (Lipinski definition) is 1. The second kappa shape index (κ2) is 8.15. The topological polar surface area (TPSA) is 89.8 Å². The molecule has 7 heteroatoms. The van der Waals surface area contributed by atoms with Crippen molar-refractivity contribution >= 4 is 17.7 Å². The molecule has 0 aromatic heterocycles. The van der Waals surface area contributed by atoms with Gasteiger partial charge in [-0.3, -0.25) is 4.79 Å². The van der Waals surface area contributed by atoms with Gasteiger partial charge in [-0.05, 0) is 35.9 Å². The number of rotatable bonds is 5. The number of nitrogens with zero attached hydrogens (tertiary/aromatic N) is 1. The Balaban J connectivity index is 1.90. The lowest BCUT2D eigenvalue weighted by Crippen LogP contribution is -2.16. The summed E-state index contributed by atoms with van der Waals surface area (Å²) >= 11 is 0. The first kappa shape index (κ1) is 18.1. The summed E-state index contributed by atoms with van der Waals surface area (Å²) in [6.07, 6.45) is 1.46. The van der Waals surface area contributed by atoms with Gasteiger partial charge in [0.05, 0.1) is 19.9 Å². The number of carbonyl (C=O) groups is 1. The van der Waals surface area contributed by atoms with Crippen LogP contribution in [0.25, 0.3) is 6.08 Å². The van der Waals surface area contributed by atoms with Gasteiger partial charge in [-0.25, -0.2) is 0 Å². The molecule has 0 unspecified atom stereocenters. The first-order valence-corrected chi connectivity index (χ1v) is 8.20. The number of benzene rings is 2. The highest BCUT2D eigenvalue weighted by atomic mass is 16.6. The predicted octanol–water partition coefficient (Wildman–Crippen LogP) is 3.02. The lowest BCUT2D eigenvalue weighted by molar-refractivity contribution is -0.112. The van der Waals surface area contributed by atoms with Crippen molar-refractivity contribution in [3.8, 4) is 29.1 Å². The summed E-state index contributed by atoms with van der Waals surface area (Å²) in [5.74, 6) is 1.45. The van der Waals surface area contributed by atoms with Gasteiger partial charge < -0.3 is 24.3 Å². The van der Waals surface area contributed by atoms with Crippen molar-refractivity contribution in [1.82, 2.24) is 0 Å². The molecule has 0 saturated heterocycles. The van der Waals surface area contributed by atoms with Crippen LogP contribution in [0.3, 0.4) is 0 Å². The molecule has 0 radical (unpaired) electrons. The summed E-state index contributed by atoms with van der Waals surface area (Å²) in [5.41, 5.74) is 0.994. The molecule has 1 aliphatic rings. The first-order chi connectivity index (χ1) is 13.2. The number of carbonyl (C=O) groups excluding carboxylic acids is 1. The fourth-order valence-electron chi connectivity index (χ4n) is 2.63. The number of nitrogens with one attached hydrogen (secondary N) is 1. The molecule has 1 amide bonds. The highest BCUT2D eigenvalue weighted by Gasteiger charge is 2.19. The number of methoxy groups -OCH3 is 2. The van der Waals surface area contributed by atoms with Gasteiger partial charge in [0.2, 0.25) is 5.75 Å². The van der Waals surface area contributed by atoms with Crippen LogP contribution in [0.15, 0.2) is 42.0 Å². The monoisotopic (exact) mass is 366 g/mol. The van der Waals surface area contributed by atoms with Crippen LogP contribution in [-0.4, -0.2) is 33.3 Å². The van der Waals surface area contributed by atoms with E-state index in [0.717, 1.165) is 0 Å². The number of anilines is 1. The first-order valence-electron chi connectivity index (χ1n) is 8.20. The molecule has 138 valence electrons. The lowest BCUT2D eigenvalue weighted by atomic mass is 10.1. The molecule has 0 saturated carbocycles. The van der Waals surface area contributed by atoms with E-state index in [-0.39, 0.29) is 5.57 Å². The Kier molecular flexibility index (Phi) is 5.47. The van der Waals surface area contributed by atoms with Crippen molar-refractivity contribution in [2.24, 2.45) is 0 Å². The van der Waals surface area contributed by atoms with Crippen LogP contribution in [0.1, 0.15) is 5.56 Å². The lowest BCUT2D eigenvalue weighted by Gasteiger charge is -2.21. The van der Waals surface area contributed by atoms with Gasteiger partial charge in [0.1, 0.15) is 30.6 Å². The Morgan fingerprint density at radius 3 is 2.63 bits per heavy atom. The van der Waals surface area contributed by atoms with E-state index in [2.05, 4.69) is 5.32 Å². The molecule has 1 heterocycles. The number of nitriles is 1. The van der Waals surface area contributed by atoms with Crippen LogP contribution in [0.4, 0.5) is 5.69 Å².